The van der Waals surface area contributed by atoms with E-state index in [1.165, 1.54) is 0 Å². The molecule has 1 amide bonds. The summed E-state index contributed by atoms with van der Waals surface area (Å²) in [5, 5.41) is 3.02. The maximum absolute atomic E-state index is 12.5. The van der Waals surface area contributed by atoms with E-state index in [0.29, 0.717) is 6.42 Å². The number of H-pyrrole nitrogens is 1. The molecule has 3 unspecified atom stereocenters. The molecule has 3 atom stereocenters. The number of fused-ring (bicyclic) bond motifs is 1. The molecule has 4 rings (SSSR count). The second-order valence-corrected chi connectivity index (χ2v) is 6.25. The van der Waals surface area contributed by atoms with Gasteiger partial charge in [-0.25, -0.2) is 15.8 Å². The number of para-hydroxylation sites is 2. The molecule has 128 valence electrons. The van der Waals surface area contributed by atoms with Gasteiger partial charge >= 0.3 is 0 Å². The van der Waals surface area contributed by atoms with E-state index in [0.717, 1.165) is 22.6 Å². The molecule has 1 fully saturated rings. The van der Waals surface area contributed by atoms with E-state index in [1.807, 2.05) is 49.4 Å². The van der Waals surface area contributed by atoms with Gasteiger partial charge in [0.1, 0.15) is 11.9 Å². The van der Waals surface area contributed by atoms with Crippen LogP contribution >= 0.6 is 0 Å². The van der Waals surface area contributed by atoms with Crippen molar-refractivity contribution in [2.75, 3.05) is 0 Å². The van der Waals surface area contributed by atoms with E-state index in [-0.39, 0.29) is 24.0 Å². The summed E-state index contributed by atoms with van der Waals surface area (Å²) in [5.74, 6) is 0.695. The summed E-state index contributed by atoms with van der Waals surface area (Å²) in [5.41, 5.74) is 8.99. The monoisotopic (exact) mass is 336 g/mol. The van der Waals surface area contributed by atoms with Gasteiger partial charge in [0.15, 0.2) is 0 Å². The minimum absolute atomic E-state index is 0.0263. The van der Waals surface area contributed by atoms with Crippen LogP contribution in [0.1, 0.15) is 36.9 Å². The van der Waals surface area contributed by atoms with Crippen molar-refractivity contribution < 1.29 is 4.79 Å². The van der Waals surface area contributed by atoms with Crippen LogP contribution in [0.2, 0.25) is 0 Å². The third-order valence-electron chi connectivity index (χ3n) is 4.44. The highest BCUT2D eigenvalue weighted by Crippen LogP contribution is 2.21. The van der Waals surface area contributed by atoms with Crippen LogP contribution in [0, 0.1) is 0 Å². The summed E-state index contributed by atoms with van der Waals surface area (Å²) >= 11 is 0. The van der Waals surface area contributed by atoms with Gasteiger partial charge in [0.05, 0.1) is 28.8 Å². The first kappa shape index (κ1) is 15.7. The van der Waals surface area contributed by atoms with Crippen LogP contribution in [0.3, 0.4) is 0 Å². The lowest BCUT2D eigenvalue weighted by Crippen LogP contribution is -2.44. The van der Waals surface area contributed by atoms with Crippen LogP contribution in [-0.2, 0) is 4.79 Å². The fourth-order valence-electron chi connectivity index (χ4n) is 3.06. The van der Waals surface area contributed by atoms with Gasteiger partial charge < -0.3 is 10.3 Å². The molecule has 0 spiro atoms. The van der Waals surface area contributed by atoms with Crippen molar-refractivity contribution >= 4 is 16.9 Å². The van der Waals surface area contributed by atoms with Crippen LogP contribution in [0.4, 0.5) is 0 Å². The van der Waals surface area contributed by atoms with Gasteiger partial charge in [-0.3, -0.25) is 9.78 Å². The number of rotatable bonds is 4. The molecule has 7 nitrogen and oxygen atoms in total. The molecule has 4 N–H and O–H groups in total. The molecule has 3 heterocycles. The Hall–Kier alpha value is -2.77. The average molecular weight is 336 g/mol. The first-order valence-electron chi connectivity index (χ1n) is 8.38. The number of pyridine rings is 1. The number of aromatic amines is 1. The molecule has 1 aliphatic rings. The molecular weight excluding hydrogens is 316 g/mol. The van der Waals surface area contributed by atoms with Gasteiger partial charge in [0, 0.05) is 6.20 Å². The third kappa shape index (κ3) is 3.24. The van der Waals surface area contributed by atoms with E-state index in [1.54, 1.807) is 6.20 Å². The van der Waals surface area contributed by atoms with E-state index < -0.39 is 0 Å². The molecule has 25 heavy (non-hydrogen) atoms. The number of carbonyl (C=O) groups is 1. The minimum atomic E-state index is -0.307. The Bertz CT molecular complexity index is 844. The van der Waals surface area contributed by atoms with Gasteiger partial charge in [-0.2, -0.15) is 0 Å². The standard InChI is InChI=1S/C18H20N6O/c1-11(17-21-13-7-2-3-8-14(13)22-17)20-18(25)16-10-15(23-24-16)12-6-4-5-9-19-12/h2-9,11,15-16,23-24H,10H2,1H3,(H,20,25)(H,21,22). The molecule has 3 aromatic rings. The van der Waals surface area contributed by atoms with Crippen molar-refractivity contribution in [2.24, 2.45) is 0 Å². The maximum atomic E-state index is 12.5. The molecule has 1 aromatic carbocycles. The summed E-state index contributed by atoms with van der Waals surface area (Å²) in [6, 6.07) is 13.1. The number of benzene rings is 1. The molecule has 1 saturated heterocycles. The Morgan fingerprint density at radius 2 is 2.04 bits per heavy atom. The van der Waals surface area contributed by atoms with Crippen molar-refractivity contribution in [1.29, 1.82) is 0 Å². The van der Waals surface area contributed by atoms with Crippen LogP contribution in [0.15, 0.2) is 48.7 Å². The Balaban J connectivity index is 1.40. The zero-order valence-electron chi connectivity index (χ0n) is 13.9. The Kier molecular flexibility index (Phi) is 4.17. The number of hydrazine groups is 1. The highest BCUT2D eigenvalue weighted by atomic mass is 16.2. The topological polar surface area (TPSA) is 94.7 Å². The van der Waals surface area contributed by atoms with Crippen LogP contribution < -0.4 is 16.2 Å². The number of amides is 1. The number of aromatic nitrogens is 3. The van der Waals surface area contributed by atoms with Gasteiger partial charge in [0.2, 0.25) is 5.91 Å². The van der Waals surface area contributed by atoms with Gasteiger partial charge in [-0.05, 0) is 37.6 Å². The summed E-state index contributed by atoms with van der Waals surface area (Å²) in [4.78, 5) is 24.7. The normalized spacial score (nSPS) is 21.3. The van der Waals surface area contributed by atoms with E-state index >= 15 is 0 Å². The molecule has 0 aliphatic carbocycles. The number of imidazole rings is 1. The van der Waals surface area contributed by atoms with E-state index in [9.17, 15) is 4.79 Å². The smallest absolute Gasteiger partial charge is 0.239 e. The van der Waals surface area contributed by atoms with Gasteiger partial charge in [-0.15, -0.1) is 0 Å². The molecule has 2 aromatic heterocycles. The quantitative estimate of drug-likeness (QED) is 0.582. The van der Waals surface area contributed by atoms with E-state index in [2.05, 4.69) is 31.1 Å². The molecule has 0 radical (unpaired) electrons. The lowest BCUT2D eigenvalue weighted by atomic mass is 10.1. The largest absolute Gasteiger partial charge is 0.345 e. The molecular formula is C18H20N6O. The predicted molar refractivity (Wildman–Crippen MR) is 94.3 cm³/mol. The van der Waals surface area contributed by atoms with Crippen molar-refractivity contribution in [3.8, 4) is 0 Å². The highest BCUT2D eigenvalue weighted by Gasteiger charge is 2.31. The second-order valence-electron chi connectivity index (χ2n) is 6.25. The Morgan fingerprint density at radius 3 is 2.84 bits per heavy atom. The summed E-state index contributed by atoms with van der Waals surface area (Å²) < 4.78 is 0. The molecule has 1 aliphatic heterocycles. The van der Waals surface area contributed by atoms with Crippen molar-refractivity contribution in [2.45, 2.75) is 31.5 Å². The van der Waals surface area contributed by atoms with Crippen molar-refractivity contribution in [3.05, 3.63) is 60.2 Å². The second kappa shape index (κ2) is 6.62. The fourth-order valence-corrected chi connectivity index (χ4v) is 3.06. The predicted octanol–water partition coefficient (Wildman–Crippen LogP) is 1.74. The summed E-state index contributed by atoms with van der Waals surface area (Å²) in [6.07, 6.45) is 2.41. The maximum Gasteiger partial charge on any atom is 0.239 e. The zero-order chi connectivity index (χ0) is 17.2. The van der Waals surface area contributed by atoms with Crippen LogP contribution in [0.25, 0.3) is 11.0 Å². The lowest BCUT2D eigenvalue weighted by molar-refractivity contribution is -0.123. The Morgan fingerprint density at radius 1 is 1.20 bits per heavy atom. The number of hydrogen-bond acceptors (Lipinski definition) is 5. The summed E-state index contributed by atoms with van der Waals surface area (Å²) in [6.45, 7) is 1.92. The Labute approximate surface area is 145 Å². The molecule has 0 bridgehead atoms. The SMILES string of the molecule is CC(NC(=O)C1CC(c2ccccn2)NN1)c1nc2ccccc2[nH]1. The number of nitrogens with zero attached hydrogens (tertiary/aromatic N) is 2. The third-order valence-corrected chi connectivity index (χ3v) is 4.44. The van der Waals surface area contributed by atoms with E-state index in [4.69, 9.17) is 0 Å². The van der Waals surface area contributed by atoms with Crippen molar-refractivity contribution in [1.82, 2.24) is 31.1 Å². The lowest BCUT2D eigenvalue weighted by Gasteiger charge is -2.15. The molecule has 0 saturated carbocycles. The number of hydrogen-bond donors (Lipinski definition) is 4. The average Bonchev–Trinajstić information content (AvgIpc) is 3.29. The van der Waals surface area contributed by atoms with Crippen LogP contribution in [-0.4, -0.2) is 26.9 Å². The highest BCUT2D eigenvalue weighted by molar-refractivity contribution is 5.82. The molecule has 7 heteroatoms. The first-order chi connectivity index (χ1) is 12.2. The van der Waals surface area contributed by atoms with Gasteiger partial charge in [-0.1, -0.05) is 18.2 Å². The minimum Gasteiger partial charge on any atom is -0.345 e. The fraction of sp³-hybridized carbons (Fsp3) is 0.278. The summed E-state index contributed by atoms with van der Waals surface area (Å²) in [7, 11) is 0. The first-order valence-corrected chi connectivity index (χ1v) is 8.38. The number of nitrogens with one attached hydrogen (secondary N) is 4. The zero-order valence-corrected chi connectivity index (χ0v) is 13.9. The van der Waals surface area contributed by atoms with Gasteiger partial charge in [0.25, 0.3) is 0 Å². The number of carbonyl (C=O) groups excluding carboxylic acids is 1. The van der Waals surface area contributed by atoms with Crippen LogP contribution in [0.5, 0.6) is 0 Å². The van der Waals surface area contributed by atoms with Crippen molar-refractivity contribution in [3.63, 3.8) is 0 Å².